The maximum absolute atomic E-state index is 12.2. The van der Waals surface area contributed by atoms with Gasteiger partial charge in [0.15, 0.2) is 0 Å². The number of nitrogens with zero attached hydrogens (tertiary/aromatic N) is 1. The van der Waals surface area contributed by atoms with Gasteiger partial charge in [-0.05, 0) is 44.2 Å². The Bertz CT molecular complexity index is 745. The van der Waals surface area contributed by atoms with Crippen LogP contribution in [0.15, 0.2) is 52.5 Å². The van der Waals surface area contributed by atoms with Gasteiger partial charge in [0, 0.05) is 10.5 Å². The average Bonchev–Trinajstić information content (AvgIpc) is 2.63. The molecule has 6 heteroatoms. The number of hydrogen-bond donors (Lipinski definition) is 1. The van der Waals surface area contributed by atoms with Gasteiger partial charge in [0.1, 0.15) is 11.5 Å². The molecule has 1 N–H and O–H groups in total. The van der Waals surface area contributed by atoms with Crippen LogP contribution in [0.1, 0.15) is 18.1 Å². The van der Waals surface area contributed by atoms with Gasteiger partial charge in [0.05, 0.1) is 25.7 Å². The molecule has 0 saturated heterocycles. The van der Waals surface area contributed by atoms with Crippen LogP contribution in [-0.4, -0.2) is 31.6 Å². The second kappa shape index (κ2) is 9.13. The van der Waals surface area contributed by atoms with E-state index in [2.05, 4.69) is 10.5 Å². The number of ether oxygens (including phenoxy) is 2. The number of amides is 1. The summed E-state index contributed by atoms with van der Waals surface area (Å²) < 4.78 is 10.5. The molecule has 0 radical (unpaired) electrons. The number of thioether (sulfide) groups is 1. The molecule has 0 aliphatic rings. The van der Waals surface area contributed by atoms with E-state index in [-0.39, 0.29) is 11.2 Å². The van der Waals surface area contributed by atoms with Crippen LogP contribution in [0.3, 0.4) is 0 Å². The summed E-state index contributed by atoms with van der Waals surface area (Å²) in [7, 11) is 3.17. The highest BCUT2D eigenvalue weighted by Gasteiger charge is 2.13. The van der Waals surface area contributed by atoms with Gasteiger partial charge in [0.2, 0.25) is 0 Å². The van der Waals surface area contributed by atoms with Crippen molar-refractivity contribution in [2.24, 2.45) is 5.10 Å². The first-order valence-electron chi connectivity index (χ1n) is 7.81. The van der Waals surface area contributed by atoms with E-state index in [9.17, 15) is 4.79 Å². The van der Waals surface area contributed by atoms with Crippen LogP contribution in [-0.2, 0) is 4.79 Å². The molecule has 0 fully saturated rings. The number of carbonyl (C=O) groups is 1. The number of aryl methyl sites for hydroxylation is 1. The van der Waals surface area contributed by atoms with Crippen LogP contribution in [0, 0.1) is 6.92 Å². The standard InChI is InChI=1S/C19H22N2O3S/c1-13-5-8-17(9-6-13)25-14(2)19(22)21-20-12-15-11-16(23-3)7-10-18(15)24-4/h5-12,14H,1-4H3,(H,21,22)/b20-12-/t14-/m1/s1. The zero-order valence-electron chi connectivity index (χ0n) is 14.8. The minimum Gasteiger partial charge on any atom is -0.497 e. The Morgan fingerprint density at radius 1 is 1.16 bits per heavy atom. The van der Waals surface area contributed by atoms with Crippen LogP contribution < -0.4 is 14.9 Å². The van der Waals surface area contributed by atoms with E-state index < -0.39 is 0 Å². The summed E-state index contributed by atoms with van der Waals surface area (Å²) in [5.74, 6) is 1.18. The quantitative estimate of drug-likeness (QED) is 0.466. The van der Waals surface area contributed by atoms with Crippen molar-refractivity contribution in [3.63, 3.8) is 0 Å². The molecule has 0 spiro atoms. The lowest BCUT2D eigenvalue weighted by molar-refractivity contribution is -0.120. The fraction of sp³-hybridized carbons (Fsp3) is 0.263. The first-order valence-corrected chi connectivity index (χ1v) is 8.69. The Morgan fingerprint density at radius 3 is 2.52 bits per heavy atom. The van der Waals surface area contributed by atoms with E-state index in [1.807, 2.05) is 38.1 Å². The molecule has 132 valence electrons. The predicted molar refractivity (Wildman–Crippen MR) is 102 cm³/mol. The average molecular weight is 358 g/mol. The summed E-state index contributed by atoms with van der Waals surface area (Å²) in [6, 6.07) is 13.5. The smallest absolute Gasteiger partial charge is 0.253 e. The lowest BCUT2D eigenvalue weighted by atomic mass is 10.2. The van der Waals surface area contributed by atoms with Gasteiger partial charge in [0.25, 0.3) is 5.91 Å². The number of benzene rings is 2. The minimum atomic E-state index is -0.257. The lowest BCUT2D eigenvalue weighted by Gasteiger charge is -2.10. The Morgan fingerprint density at radius 2 is 1.88 bits per heavy atom. The van der Waals surface area contributed by atoms with E-state index in [0.717, 1.165) is 10.5 Å². The van der Waals surface area contributed by atoms with Crippen molar-refractivity contribution >= 4 is 23.9 Å². The Labute approximate surface area is 152 Å². The normalized spacial score (nSPS) is 12.0. The van der Waals surface area contributed by atoms with Gasteiger partial charge in [-0.25, -0.2) is 5.43 Å². The highest BCUT2D eigenvalue weighted by Crippen LogP contribution is 2.24. The molecule has 2 aromatic carbocycles. The number of rotatable bonds is 7. The maximum Gasteiger partial charge on any atom is 0.253 e. The maximum atomic E-state index is 12.2. The summed E-state index contributed by atoms with van der Waals surface area (Å²) in [5, 5.41) is 3.77. The monoisotopic (exact) mass is 358 g/mol. The largest absolute Gasteiger partial charge is 0.497 e. The third-order valence-electron chi connectivity index (χ3n) is 3.52. The number of methoxy groups -OCH3 is 2. The molecule has 0 saturated carbocycles. The summed E-state index contributed by atoms with van der Waals surface area (Å²) in [6.45, 7) is 3.88. The van der Waals surface area contributed by atoms with Crippen molar-refractivity contribution in [2.45, 2.75) is 24.0 Å². The van der Waals surface area contributed by atoms with Crippen molar-refractivity contribution in [3.8, 4) is 11.5 Å². The highest BCUT2D eigenvalue weighted by atomic mass is 32.2. The van der Waals surface area contributed by atoms with Crippen LogP contribution in [0.5, 0.6) is 11.5 Å². The molecule has 5 nitrogen and oxygen atoms in total. The van der Waals surface area contributed by atoms with Crippen LogP contribution in [0.2, 0.25) is 0 Å². The Hall–Kier alpha value is -2.47. The van der Waals surface area contributed by atoms with Crippen molar-refractivity contribution in [3.05, 3.63) is 53.6 Å². The van der Waals surface area contributed by atoms with Gasteiger partial charge >= 0.3 is 0 Å². The molecule has 1 amide bonds. The van der Waals surface area contributed by atoms with Crippen molar-refractivity contribution in [2.75, 3.05) is 14.2 Å². The number of nitrogens with one attached hydrogen (secondary N) is 1. The molecule has 2 aromatic rings. The third kappa shape index (κ3) is 5.53. The van der Waals surface area contributed by atoms with Gasteiger partial charge in [-0.1, -0.05) is 17.7 Å². The van der Waals surface area contributed by atoms with Crippen LogP contribution in [0.4, 0.5) is 0 Å². The predicted octanol–water partition coefficient (Wildman–Crippen LogP) is 3.64. The highest BCUT2D eigenvalue weighted by molar-refractivity contribution is 8.00. The molecule has 0 aliphatic heterocycles. The van der Waals surface area contributed by atoms with Gasteiger partial charge in [-0.3, -0.25) is 4.79 Å². The fourth-order valence-corrected chi connectivity index (χ4v) is 2.93. The van der Waals surface area contributed by atoms with E-state index in [1.165, 1.54) is 17.3 Å². The second-order valence-electron chi connectivity index (χ2n) is 5.42. The molecule has 25 heavy (non-hydrogen) atoms. The molecule has 0 aliphatic carbocycles. The first kappa shape index (κ1) is 18.9. The van der Waals surface area contributed by atoms with E-state index >= 15 is 0 Å². The summed E-state index contributed by atoms with van der Waals surface area (Å²) in [4.78, 5) is 13.2. The van der Waals surface area contributed by atoms with Crippen molar-refractivity contribution in [1.29, 1.82) is 0 Å². The van der Waals surface area contributed by atoms with Gasteiger partial charge < -0.3 is 9.47 Å². The molecule has 0 bridgehead atoms. The zero-order chi connectivity index (χ0) is 18.2. The topological polar surface area (TPSA) is 59.9 Å². The molecular formula is C19H22N2O3S. The Balaban J connectivity index is 1.96. The number of carbonyl (C=O) groups excluding carboxylic acids is 1. The molecule has 0 heterocycles. The summed E-state index contributed by atoms with van der Waals surface area (Å²) >= 11 is 1.49. The van der Waals surface area contributed by atoms with E-state index in [0.29, 0.717) is 11.5 Å². The molecule has 1 atom stereocenters. The van der Waals surface area contributed by atoms with Gasteiger partial charge in [-0.15, -0.1) is 11.8 Å². The minimum absolute atomic E-state index is 0.163. The number of hydrazone groups is 1. The molecule has 0 unspecified atom stereocenters. The SMILES string of the molecule is COc1ccc(OC)c(/C=N\NC(=O)[C@@H](C)Sc2ccc(C)cc2)c1. The summed E-state index contributed by atoms with van der Waals surface area (Å²) in [5.41, 5.74) is 4.48. The summed E-state index contributed by atoms with van der Waals surface area (Å²) in [6.07, 6.45) is 1.54. The van der Waals surface area contributed by atoms with Crippen LogP contribution in [0.25, 0.3) is 0 Å². The second-order valence-corrected chi connectivity index (χ2v) is 6.83. The first-order chi connectivity index (χ1) is 12.0. The lowest BCUT2D eigenvalue weighted by Crippen LogP contribution is -2.26. The van der Waals surface area contributed by atoms with E-state index in [1.54, 1.807) is 38.6 Å². The van der Waals surface area contributed by atoms with Crippen molar-refractivity contribution < 1.29 is 14.3 Å². The van der Waals surface area contributed by atoms with Crippen molar-refractivity contribution in [1.82, 2.24) is 5.43 Å². The number of hydrogen-bond acceptors (Lipinski definition) is 5. The van der Waals surface area contributed by atoms with E-state index in [4.69, 9.17) is 9.47 Å². The molecule has 2 rings (SSSR count). The van der Waals surface area contributed by atoms with Gasteiger partial charge in [-0.2, -0.15) is 5.10 Å². The molecular weight excluding hydrogens is 336 g/mol. The fourth-order valence-electron chi connectivity index (χ4n) is 2.07. The molecule has 0 aromatic heterocycles. The zero-order valence-corrected chi connectivity index (χ0v) is 15.6. The Kier molecular flexibility index (Phi) is 6.89. The third-order valence-corrected chi connectivity index (χ3v) is 4.63. The van der Waals surface area contributed by atoms with Crippen LogP contribution >= 0.6 is 11.8 Å².